The first-order valence-corrected chi connectivity index (χ1v) is 4.90. The van der Waals surface area contributed by atoms with Crippen LogP contribution in [0.25, 0.3) is 22.1 Å². The highest BCUT2D eigenvalue weighted by Gasteiger charge is 1.92. The molecule has 0 aliphatic rings. The van der Waals surface area contributed by atoms with Gasteiger partial charge in [0.25, 0.3) is 0 Å². The van der Waals surface area contributed by atoms with Crippen LogP contribution >= 0.6 is 0 Å². The predicted octanol–water partition coefficient (Wildman–Crippen LogP) is 3.10. The molecule has 0 atom stereocenters. The summed E-state index contributed by atoms with van der Waals surface area (Å²) in [5.41, 5.74) is 4.26. The van der Waals surface area contributed by atoms with Crippen LogP contribution in [0.15, 0.2) is 48.5 Å². The molecule has 0 amide bonds. The van der Waals surface area contributed by atoms with Crippen LogP contribution in [0.5, 0.6) is 0 Å². The summed E-state index contributed by atoms with van der Waals surface area (Å²) in [5.74, 6) is 0. The first-order chi connectivity index (χ1) is 7.43. The first-order valence-electron chi connectivity index (χ1n) is 4.90. The van der Waals surface area contributed by atoms with Crippen LogP contribution in [0.2, 0.25) is 0 Å². The zero-order valence-electron chi connectivity index (χ0n) is 8.12. The molecule has 1 heterocycles. The molecule has 2 aromatic carbocycles. The maximum atomic E-state index is 3.38. The van der Waals surface area contributed by atoms with Gasteiger partial charge in [-0.25, -0.2) is 0 Å². The molecular formula is C12H11N3. The quantitative estimate of drug-likeness (QED) is 0.496. The summed E-state index contributed by atoms with van der Waals surface area (Å²) in [6, 6.07) is 16.2. The normalized spacial score (nSPS) is 10.7. The average molecular weight is 197 g/mol. The molecule has 3 rings (SSSR count). The van der Waals surface area contributed by atoms with Gasteiger partial charge < -0.3 is 4.98 Å². The number of para-hydroxylation sites is 4. The van der Waals surface area contributed by atoms with Gasteiger partial charge in [0.15, 0.2) is 0 Å². The van der Waals surface area contributed by atoms with Gasteiger partial charge >= 0.3 is 0 Å². The van der Waals surface area contributed by atoms with Crippen molar-refractivity contribution in [2.45, 2.75) is 0 Å². The molecular weight excluding hydrogens is 186 g/mol. The highest BCUT2D eigenvalue weighted by molar-refractivity contribution is 5.80. The first kappa shape index (κ1) is 8.17. The minimum atomic E-state index is 1.05. The standard InChI is InChI=1S/C12H11N3/c1-3-7-11-9(5-1)13-10-6-2-4-8-12(10)15-14-11/h1-8,13-15H. The lowest BCUT2D eigenvalue weighted by Crippen LogP contribution is -1.75. The minimum Gasteiger partial charge on any atom is -0.352 e. The Bertz CT molecular complexity index is 585. The molecule has 0 unspecified atom stereocenters. The Hall–Kier alpha value is -2.16. The van der Waals surface area contributed by atoms with Crippen molar-refractivity contribution in [2.75, 3.05) is 0 Å². The Morgan fingerprint density at radius 3 is 1.40 bits per heavy atom. The van der Waals surface area contributed by atoms with Crippen molar-refractivity contribution in [1.82, 2.24) is 15.2 Å². The Kier molecular flexibility index (Phi) is 1.75. The third-order valence-electron chi connectivity index (χ3n) is 2.46. The molecule has 0 spiro atoms. The molecule has 0 saturated carbocycles. The van der Waals surface area contributed by atoms with Gasteiger partial charge in [0.1, 0.15) is 0 Å². The van der Waals surface area contributed by atoms with E-state index in [0.29, 0.717) is 0 Å². The Morgan fingerprint density at radius 2 is 0.933 bits per heavy atom. The zero-order valence-corrected chi connectivity index (χ0v) is 8.12. The van der Waals surface area contributed by atoms with Crippen molar-refractivity contribution < 1.29 is 0 Å². The summed E-state index contributed by atoms with van der Waals surface area (Å²) in [5, 5.41) is 6.34. The molecule has 0 aliphatic heterocycles. The summed E-state index contributed by atoms with van der Waals surface area (Å²) in [6.45, 7) is 0. The fraction of sp³-hybridized carbons (Fsp3) is 0. The van der Waals surface area contributed by atoms with Crippen molar-refractivity contribution >= 4 is 22.1 Å². The van der Waals surface area contributed by atoms with Crippen LogP contribution < -0.4 is 0 Å². The highest BCUT2D eigenvalue weighted by Crippen LogP contribution is 2.11. The number of rotatable bonds is 0. The van der Waals surface area contributed by atoms with Gasteiger partial charge in [-0.3, -0.25) is 10.2 Å². The third kappa shape index (κ3) is 1.38. The summed E-state index contributed by atoms with van der Waals surface area (Å²) in [7, 11) is 0. The van der Waals surface area contributed by atoms with E-state index in [4.69, 9.17) is 0 Å². The van der Waals surface area contributed by atoms with Gasteiger partial charge in [-0.1, -0.05) is 24.3 Å². The molecule has 0 fully saturated rings. The van der Waals surface area contributed by atoms with Crippen LogP contribution in [0, 0.1) is 0 Å². The number of aromatic nitrogens is 3. The summed E-state index contributed by atoms with van der Waals surface area (Å²) in [4.78, 5) is 3.38. The van der Waals surface area contributed by atoms with Crippen LogP contribution in [-0.4, -0.2) is 15.2 Å². The van der Waals surface area contributed by atoms with Crippen molar-refractivity contribution in [3.05, 3.63) is 48.5 Å². The van der Waals surface area contributed by atoms with E-state index < -0.39 is 0 Å². The molecule has 0 bridgehead atoms. The van der Waals surface area contributed by atoms with E-state index in [1.807, 2.05) is 48.5 Å². The average Bonchev–Trinajstić information content (AvgIpc) is 2.48. The number of aromatic amines is 3. The van der Waals surface area contributed by atoms with Gasteiger partial charge in [-0.05, 0) is 24.3 Å². The number of benzene rings is 2. The Labute approximate surface area is 86.4 Å². The summed E-state index contributed by atoms with van der Waals surface area (Å²) in [6.07, 6.45) is 0. The van der Waals surface area contributed by atoms with E-state index in [1.54, 1.807) is 0 Å². The summed E-state index contributed by atoms with van der Waals surface area (Å²) >= 11 is 0. The molecule has 15 heavy (non-hydrogen) atoms. The number of nitrogens with one attached hydrogen (secondary N) is 3. The van der Waals surface area contributed by atoms with Crippen molar-refractivity contribution in [2.24, 2.45) is 0 Å². The van der Waals surface area contributed by atoms with E-state index >= 15 is 0 Å². The lowest BCUT2D eigenvalue weighted by molar-refractivity contribution is 1.13. The molecule has 3 heteroatoms. The van der Waals surface area contributed by atoms with E-state index in [9.17, 15) is 0 Å². The van der Waals surface area contributed by atoms with E-state index in [1.165, 1.54) is 0 Å². The van der Waals surface area contributed by atoms with Crippen LogP contribution in [0.3, 0.4) is 0 Å². The maximum Gasteiger partial charge on any atom is 0.0774 e. The smallest absolute Gasteiger partial charge is 0.0774 e. The molecule has 0 radical (unpaired) electrons. The molecule has 0 saturated heterocycles. The van der Waals surface area contributed by atoms with Crippen LogP contribution in [0.4, 0.5) is 0 Å². The monoisotopic (exact) mass is 197 g/mol. The number of hydrogen-bond acceptors (Lipinski definition) is 0. The number of hydrogen-bond donors (Lipinski definition) is 3. The highest BCUT2D eigenvalue weighted by atomic mass is 15.1. The number of fused-ring (bicyclic) bond motifs is 2. The predicted molar refractivity (Wildman–Crippen MR) is 62.1 cm³/mol. The van der Waals surface area contributed by atoms with Crippen molar-refractivity contribution in [3.63, 3.8) is 0 Å². The fourth-order valence-electron chi connectivity index (χ4n) is 1.68. The second kappa shape index (κ2) is 3.20. The van der Waals surface area contributed by atoms with Crippen molar-refractivity contribution in [1.29, 1.82) is 0 Å². The van der Waals surface area contributed by atoms with Gasteiger partial charge in [0.2, 0.25) is 0 Å². The zero-order chi connectivity index (χ0) is 10.1. The van der Waals surface area contributed by atoms with Gasteiger partial charge in [-0.15, -0.1) is 0 Å². The van der Waals surface area contributed by atoms with E-state index in [2.05, 4.69) is 15.2 Å². The van der Waals surface area contributed by atoms with Gasteiger partial charge in [0.05, 0.1) is 22.1 Å². The van der Waals surface area contributed by atoms with E-state index in [-0.39, 0.29) is 0 Å². The molecule has 74 valence electrons. The number of H-pyrrole nitrogens is 3. The van der Waals surface area contributed by atoms with Gasteiger partial charge in [-0.2, -0.15) is 0 Å². The second-order valence-corrected chi connectivity index (χ2v) is 3.47. The third-order valence-corrected chi connectivity index (χ3v) is 2.46. The minimum absolute atomic E-state index is 1.05. The molecule has 3 nitrogen and oxygen atoms in total. The van der Waals surface area contributed by atoms with E-state index in [0.717, 1.165) is 22.1 Å². The van der Waals surface area contributed by atoms with Crippen molar-refractivity contribution in [3.8, 4) is 0 Å². The summed E-state index contributed by atoms with van der Waals surface area (Å²) < 4.78 is 0. The molecule has 1 aromatic heterocycles. The largest absolute Gasteiger partial charge is 0.352 e. The Morgan fingerprint density at radius 1 is 0.533 bits per heavy atom. The lowest BCUT2D eigenvalue weighted by atomic mass is 10.3. The lowest BCUT2D eigenvalue weighted by Gasteiger charge is -1.91. The maximum absolute atomic E-state index is 3.38. The topological polar surface area (TPSA) is 47.4 Å². The van der Waals surface area contributed by atoms with Crippen LogP contribution in [0.1, 0.15) is 0 Å². The fourth-order valence-corrected chi connectivity index (χ4v) is 1.68. The van der Waals surface area contributed by atoms with Gasteiger partial charge in [0, 0.05) is 0 Å². The van der Waals surface area contributed by atoms with Crippen LogP contribution in [-0.2, 0) is 0 Å². The second-order valence-electron chi connectivity index (χ2n) is 3.47. The Balaban J connectivity index is 2.54. The molecule has 3 aromatic rings. The SMILES string of the molecule is c1ccc2[nH]c3ccccc3[nH][nH]c2c1. The molecule has 0 aliphatic carbocycles. The molecule has 3 N–H and O–H groups in total.